The summed E-state index contributed by atoms with van der Waals surface area (Å²) in [6, 6.07) is -0.117. The van der Waals surface area contributed by atoms with Gasteiger partial charge in [0.15, 0.2) is 0 Å². The summed E-state index contributed by atoms with van der Waals surface area (Å²) in [5, 5.41) is 3.25. The highest BCUT2D eigenvalue weighted by atomic mass is 32.2. The molecule has 5 nitrogen and oxygen atoms in total. The van der Waals surface area contributed by atoms with Crippen LogP contribution in [0.3, 0.4) is 0 Å². The van der Waals surface area contributed by atoms with Crippen LogP contribution in [-0.2, 0) is 14.8 Å². The lowest BCUT2D eigenvalue weighted by molar-refractivity contribution is 0.0902. The molecule has 2 N–H and O–H groups in total. The van der Waals surface area contributed by atoms with E-state index in [1.807, 2.05) is 6.92 Å². The molecule has 0 radical (unpaired) electrons. The van der Waals surface area contributed by atoms with Crippen LogP contribution in [0, 0.1) is 5.92 Å². The summed E-state index contributed by atoms with van der Waals surface area (Å²) < 4.78 is 32.4. The first-order valence-electron chi connectivity index (χ1n) is 6.89. The third kappa shape index (κ3) is 4.19. The number of hydrogen-bond donors (Lipinski definition) is 2. The highest BCUT2D eigenvalue weighted by Crippen LogP contribution is 2.17. The predicted molar refractivity (Wildman–Crippen MR) is 71.0 cm³/mol. The molecule has 0 spiro atoms. The van der Waals surface area contributed by atoms with Gasteiger partial charge in [0.05, 0.1) is 11.9 Å². The Kier molecular flexibility index (Phi) is 5.00. The Labute approximate surface area is 110 Å². The van der Waals surface area contributed by atoms with Crippen LogP contribution in [0.2, 0.25) is 0 Å². The molecular weight excluding hydrogens is 252 g/mol. The number of rotatable bonds is 5. The summed E-state index contributed by atoms with van der Waals surface area (Å²) in [4.78, 5) is 0. The van der Waals surface area contributed by atoms with Gasteiger partial charge < -0.3 is 10.1 Å². The van der Waals surface area contributed by atoms with E-state index >= 15 is 0 Å². The van der Waals surface area contributed by atoms with Crippen LogP contribution in [-0.4, -0.2) is 46.0 Å². The fourth-order valence-electron chi connectivity index (χ4n) is 2.78. The van der Waals surface area contributed by atoms with Crippen molar-refractivity contribution in [2.45, 2.75) is 44.8 Å². The van der Waals surface area contributed by atoms with E-state index in [0.29, 0.717) is 0 Å². The van der Waals surface area contributed by atoms with E-state index in [2.05, 4.69) is 10.0 Å². The molecule has 18 heavy (non-hydrogen) atoms. The zero-order valence-electron chi connectivity index (χ0n) is 11.0. The number of hydrogen-bond acceptors (Lipinski definition) is 4. The second kappa shape index (κ2) is 6.32. The molecule has 6 heteroatoms. The second-order valence-electron chi connectivity index (χ2n) is 5.45. The van der Waals surface area contributed by atoms with Gasteiger partial charge in [-0.3, -0.25) is 0 Å². The first-order valence-corrected chi connectivity index (χ1v) is 8.54. The number of piperidine rings is 1. The van der Waals surface area contributed by atoms with E-state index in [4.69, 9.17) is 4.74 Å². The fourth-order valence-corrected chi connectivity index (χ4v) is 4.50. The van der Waals surface area contributed by atoms with Gasteiger partial charge in [0.25, 0.3) is 0 Å². The Balaban J connectivity index is 1.82. The van der Waals surface area contributed by atoms with Gasteiger partial charge in [-0.15, -0.1) is 0 Å². The van der Waals surface area contributed by atoms with E-state index in [1.165, 1.54) is 0 Å². The van der Waals surface area contributed by atoms with Gasteiger partial charge in [-0.2, -0.15) is 0 Å². The average Bonchev–Trinajstić information content (AvgIpc) is 2.82. The number of ether oxygens (including phenoxy) is 1. The minimum Gasteiger partial charge on any atom is -0.377 e. The fraction of sp³-hybridized carbons (Fsp3) is 1.00. The molecule has 2 heterocycles. The number of sulfonamides is 1. The molecule has 0 bridgehead atoms. The summed E-state index contributed by atoms with van der Waals surface area (Å²) in [5.41, 5.74) is 0. The Morgan fingerprint density at radius 3 is 2.83 bits per heavy atom. The Morgan fingerprint density at radius 1 is 1.39 bits per heavy atom. The monoisotopic (exact) mass is 276 g/mol. The molecule has 3 unspecified atom stereocenters. The minimum atomic E-state index is -3.19. The predicted octanol–water partition coefficient (Wildman–Crippen LogP) is 0.473. The second-order valence-corrected chi connectivity index (χ2v) is 7.25. The highest BCUT2D eigenvalue weighted by Gasteiger charge is 2.28. The van der Waals surface area contributed by atoms with Gasteiger partial charge in [0, 0.05) is 12.6 Å². The Hall–Kier alpha value is -0.170. The Morgan fingerprint density at radius 2 is 2.22 bits per heavy atom. The molecule has 2 aliphatic heterocycles. The molecule has 0 saturated carbocycles. The van der Waals surface area contributed by atoms with E-state index in [1.54, 1.807) is 0 Å². The van der Waals surface area contributed by atoms with Crippen molar-refractivity contribution >= 4 is 10.0 Å². The lowest BCUT2D eigenvalue weighted by Gasteiger charge is -2.25. The molecule has 0 aromatic rings. The van der Waals surface area contributed by atoms with Crippen molar-refractivity contribution in [3.05, 3.63) is 0 Å². The third-order valence-electron chi connectivity index (χ3n) is 3.74. The lowest BCUT2D eigenvalue weighted by Crippen LogP contribution is -2.44. The van der Waals surface area contributed by atoms with Crippen molar-refractivity contribution in [2.75, 3.05) is 25.4 Å². The molecule has 0 amide bonds. The van der Waals surface area contributed by atoms with E-state index < -0.39 is 10.0 Å². The zero-order chi connectivity index (χ0) is 13.0. The molecule has 2 aliphatic rings. The first-order chi connectivity index (χ1) is 8.57. The lowest BCUT2D eigenvalue weighted by atomic mass is 10.0. The van der Waals surface area contributed by atoms with E-state index in [9.17, 15) is 8.42 Å². The SMILES string of the molecule is CC(NS(=O)(=O)CC1CCCNC1)C1CCCO1. The first kappa shape index (κ1) is 14.2. The largest absolute Gasteiger partial charge is 0.377 e. The Bertz CT molecular complexity index is 346. The minimum absolute atomic E-state index is 0.0456. The van der Waals surface area contributed by atoms with E-state index in [-0.39, 0.29) is 23.8 Å². The molecule has 2 fully saturated rings. The number of nitrogens with one attached hydrogen (secondary N) is 2. The van der Waals surface area contributed by atoms with Crippen molar-refractivity contribution in [3.63, 3.8) is 0 Å². The van der Waals surface area contributed by atoms with Gasteiger partial charge in [-0.05, 0) is 51.6 Å². The van der Waals surface area contributed by atoms with Crippen molar-refractivity contribution in [3.8, 4) is 0 Å². The van der Waals surface area contributed by atoms with Gasteiger partial charge in [0.1, 0.15) is 0 Å². The summed E-state index contributed by atoms with van der Waals surface area (Å²) >= 11 is 0. The molecule has 0 aliphatic carbocycles. The molecule has 0 aromatic carbocycles. The van der Waals surface area contributed by atoms with Crippen molar-refractivity contribution in [1.29, 1.82) is 0 Å². The highest BCUT2D eigenvalue weighted by molar-refractivity contribution is 7.89. The maximum Gasteiger partial charge on any atom is 0.212 e. The summed E-state index contributed by atoms with van der Waals surface area (Å²) in [7, 11) is -3.19. The van der Waals surface area contributed by atoms with Gasteiger partial charge in [0.2, 0.25) is 10.0 Å². The smallest absolute Gasteiger partial charge is 0.212 e. The van der Waals surface area contributed by atoms with Gasteiger partial charge in [-0.25, -0.2) is 13.1 Å². The van der Waals surface area contributed by atoms with Gasteiger partial charge >= 0.3 is 0 Å². The van der Waals surface area contributed by atoms with Crippen LogP contribution in [0.4, 0.5) is 0 Å². The maximum absolute atomic E-state index is 12.1. The van der Waals surface area contributed by atoms with Crippen LogP contribution < -0.4 is 10.0 Å². The summed E-state index contributed by atoms with van der Waals surface area (Å²) in [5.74, 6) is 0.477. The van der Waals surface area contributed by atoms with Crippen molar-refractivity contribution in [1.82, 2.24) is 10.0 Å². The van der Waals surface area contributed by atoms with Crippen LogP contribution in [0.25, 0.3) is 0 Å². The van der Waals surface area contributed by atoms with Crippen LogP contribution in [0.15, 0.2) is 0 Å². The van der Waals surface area contributed by atoms with Crippen LogP contribution in [0.5, 0.6) is 0 Å². The topological polar surface area (TPSA) is 67.4 Å². The van der Waals surface area contributed by atoms with E-state index in [0.717, 1.165) is 45.4 Å². The molecule has 2 rings (SSSR count). The normalized spacial score (nSPS) is 31.4. The standard InChI is InChI=1S/C12H24N2O3S/c1-10(12-5-3-7-17-12)14-18(15,16)9-11-4-2-6-13-8-11/h10-14H,2-9H2,1H3. The van der Waals surface area contributed by atoms with Crippen LogP contribution in [0.1, 0.15) is 32.6 Å². The molecule has 2 saturated heterocycles. The molecular formula is C12H24N2O3S. The third-order valence-corrected chi connectivity index (χ3v) is 5.38. The van der Waals surface area contributed by atoms with Crippen molar-refractivity contribution < 1.29 is 13.2 Å². The zero-order valence-corrected chi connectivity index (χ0v) is 11.8. The maximum atomic E-state index is 12.1. The summed E-state index contributed by atoms with van der Waals surface area (Å²) in [6.45, 7) is 4.47. The quantitative estimate of drug-likeness (QED) is 0.766. The molecule has 106 valence electrons. The molecule has 0 aromatic heterocycles. The van der Waals surface area contributed by atoms with Crippen LogP contribution >= 0.6 is 0 Å². The van der Waals surface area contributed by atoms with Crippen molar-refractivity contribution in [2.24, 2.45) is 5.92 Å². The average molecular weight is 276 g/mol. The molecule has 3 atom stereocenters. The van der Waals surface area contributed by atoms with Gasteiger partial charge in [-0.1, -0.05) is 0 Å². The summed E-state index contributed by atoms with van der Waals surface area (Å²) in [6.07, 6.45) is 4.10.